The highest BCUT2D eigenvalue weighted by Crippen LogP contribution is 2.28. The number of carbonyl (C=O) groups is 1. The Morgan fingerprint density at radius 1 is 1.33 bits per heavy atom. The summed E-state index contributed by atoms with van der Waals surface area (Å²) in [5, 5.41) is 14.5. The van der Waals surface area contributed by atoms with Crippen molar-refractivity contribution in [3.05, 3.63) is 35.6 Å². The first-order chi connectivity index (χ1) is 12.9. The molecular formula is C18H22N6OS2. The molecule has 142 valence electrons. The molecule has 1 amide bonds. The standard InChI is InChI=1S/C18H22N6OS2/c1-11(2)9-24-15(14-6-5-7-19-8-14)22-23-18(24)27-13(4)16(25)21-17-20-12(3)10-26-17/h5-8,10-11,13H,9H2,1-4H3,(H,20,21,25)/t13-/m1/s1. The van der Waals surface area contributed by atoms with Crippen molar-refractivity contribution in [1.29, 1.82) is 0 Å². The summed E-state index contributed by atoms with van der Waals surface area (Å²) < 4.78 is 2.06. The lowest BCUT2D eigenvalue weighted by Gasteiger charge is -2.14. The molecule has 0 saturated carbocycles. The Morgan fingerprint density at radius 3 is 2.78 bits per heavy atom. The summed E-state index contributed by atoms with van der Waals surface area (Å²) in [5.41, 5.74) is 1.81. The van der Waals surface area contributed by atoms with Gasteiger partial charge in [0.1, 0.15) is 0 Å². The third-order valence-electron chi connectivity index (χ3n) is 3.68. The molecule has 0 unspecified atom stereocenters. The number of thiazole rings is 1. The summed E-state index contributed by atoms with van der Waals surface area (Å²) in [6, 6.07) is 3.84. The number of amides is 1. The number of aryl methyl sites for hydroxylation is 1. The van der Waals surface area contributed by atoms with Crippen LogP contribution in [0.5, 0.6) is 0 Å². The van der Waals surface area contributed by atoms with Crippen LogP contribution in [0.3, 0.4) is 0 Å². The van der Waals surface area contributed by atoms with Crippen molar-refractivity contribution in [2.24, 2.45) is 5.92 Å². The van der Waals surface area contributed by atoms with Crippen LogP contribution in [0.15, 0.2) is 35.1 Å². The molecule has 0 aliphatic carbocycles. The van der Waals surface area contributed by atoms with Crippen LogP contribution >= 0.6 is 23.1 Å². The van der Waals surface area contributed by atoms with Gasteiger partial charge in [-0.15, -0.1) is 21.5 Å². The molecule has 0 fully saturated rings. The van der Waals surface area contributed by atoms with Gasteiger partial charge in [-0.1, -0.05) is 25.6 Å². The number of hydrogen-bond acceptors (Lipinski definition) is 7. The van der Waals surface area contributed by atoms with E-state index in [2.05, 4.69) is 43.9 Å². The van der Waals surface area contributed by atoms with Gasteiger partial charge in [-0.3, -0.25) is 9.78 Å². The third-order valence-corrected chi connectivity index (χ3v) is 5.64. The zero-order valence-corrected chi connectivity index (χ0v) is 17.3. The van der Waals surface area contributed by atoms with Crippen LogP contribution in [0.1, 0.15) is 26.5 Å². The molecule has 0 aliphatic rings. The Balaban J connectivity index is 1.79. The van der Waals surface area contributed by atoms with E-state index in [1.807, 2.05) is 31.4 Å². The van der Waals surface area contributed by atoms with Gasteiger partial charge in [-0.25, -0.2) is 4.98 Å². The smallest absolute Gasteiger partial charge is 0.239 e. The van der Waals surface area contributed by atoms with E-state index >= 15 is 0 Å². The van der Waals surface area contributed by atoms with Gasteiger partial charge in [0.05, 0.1) is 10.9 Å². The number of pyridine rings is 1. The van der Waals surface area contributed by atoms with E-state index in [1.54, 1.807) is 12.4 Å². The van der Waals surface area contributed by atoms with Crippen LogP contribution in [0, 0.1) is 12.8 Å². The van der Waals surface area contributed by atoms with Gasteiger partial charge >= 0.3 is 0 Å². The van der Waals surface area contributed by atoms with Crippen LogP contribution in [0.4, 0.5) is 5.13 Å². The molecule has 3 aromatic rings. The van der Waals surface area contributed by atoms with Crippen LogP contribution in [-0.4, -0.2) is 35.9 Å². The number of thioether (sulfide) groups is 1. The van der Waals surface area contributed by atoms with E-state index < -0.39 is 0 Å². The predicted molar refractivity (Wildman–Crippen MR) is 109 cm³/mol. The first-order valence-electron chi connectivity index (χ1n) is 8.67. The largest absolute Gasteiger partial charge is 0.302 e. The Labute approximate surface area is 166 Å². The third kappa shape index (κ3) is 4.92. The Morgan fingerprint density at radius 2 is 2.15 bits per heavy atom. The topological polar surface area (TPSA) is 85.6 Å². The molecule has 0 bridgehead atoms. The predicted octanol–water partition coefficient (Wildman–Crippen LogP) is 3.88. The molecule has 9 heteroatoms. The minimum absolute atomic E-state index is 0.101. The summed E-state index contributed by atoms with van der Waals surface area (Å²) in [7, 11) is 0. The van der Waals surface area contributed by atoms with Crippen molar-refractivity contribution in [3.63, 3.8) is 0 Å². The Kier molecular flexibility index (Phi) is 6.22. The van der Waals surface area contributed by atoms with Crippen molar-refractivity contribution in [1.82, 2.24) is 24.7 Å². The fourth-order valence-corrected chi connectivity index (χ4v) is 3.99. The maximum absolute atomic E-state index is 12.5. The highest BCUT2D eigenvalue weighted by atomic mass is 32.2. The van der Waals surface area contributed by atoms with Gasteiger partial charge in [-0.05, 0) is 31.9 Å². The number of hydrogen-bond donors (Lipinski definition) is 1. The molecule has 27 heavy (non-hydrogen) atoms. The maximum Gasteiger partial charge on any atom is 0.239 e. The number of anilines is 1. The van der Waals surface area contributed by atoms with E-state index in [0.717, 1.165) is 28.8 Å². The van der Waals surface area contributed by atoms with Crippen molar-refractivity contribution >= 4 is 34.1 Å². The molecule has 7 nitrogen and oxygen atoms in total. The molecule has 0 aliphatic heterocycles. The first kappa shape index (κ1) is 19.5. The molecule has 0 spiro atoms. The molecule has 0 saturated heterocycles. The minimum Gasteiger partial charge on any atom is -0.302 e. The van der Waals surface area contributed by atoms with Gasteiger partial charge in [0.15, 0.2) is 16.1 Å². The number of carbonyl (C=O) groups excluding carboxylic acids is 1. The van der Waals surface area contributed by atoms with E-state index in [4.69, 9.17) is 0 Å². The van der Waals surface area contributed by atoms with Crippen LogP contribution in [0.25, 0.3) is 11.4 Å². The summed E-state index contributed by atoms with van der Waals surface area (Å²) in [5.74, 6) is 1.08. The first-order valence-corrected chi connectivity index (χ1v) is 10.4. The Hall–Kier alpha value is -2.26. The van der Waals surface area contributed by atoms with Gasteiger partial charge in [0.25, 0.3) is 0 Å². The molecule has 3 heterocycles. The highest BCUT2D eigenvalue weighted by Gasteiger charge is 2.22. The van der Waals surface area contributed by atoms with E-state index in [9.17, 15) is 4.79 Å². The highest BCUT2D eigenvalue weighted by molar-refractivity contribution is 8.00. The normalized spacial score (nSPS) is 12.3. The zero-order chi connectivity index (χ0) is 19.4. The van der Waals surface area contributed by atoms with Crippen LogP contribution in [-0.2, 0) is 11.3 Å². The molecular weight excluding hydrogens is 380 g/mol. The van der Waals surface area contributed by atoms with Gasteiger partial charge in [0, 0.05) is 29.9 Å². The molecule has 1 atom stereocenters. The average molecular weight is 403 g/mol. The molecule has 0 radical (unpaired) electrons. The van der Waals surface area contributed by atoms with Crippen LogP contribution < -0.4 is 5.32 Å². The number of rotatable bonds is 7. The second-order valence-electron chi connectivity index (χ2n) is 6.60. The van der Waals surface area contributed by atoms with Crippen molar-refractivity contribution < 1.29 is 4.79 Å². The lowest BCUT2D eigenvalue weighted by molar-refractivity contribution is -0.115. The van der Waals surface area contributed by atoms with Gasteiger partial charge in [-0.2, -0.15) is 0 Å². The summed E-state index contributed by atoms with van der Waals surface area (Å²) in [6.07, 6.45) is 3.51. The summed E-state index contributed by atoms with van der Waals surface area (Å²) >= 11 is 2.82. The second kappa shape index (κ2) is 8.62. The fourth-order valence-electron chi connectivity index (χ4n) is 2.44. The maximum atomic E-state index is 12.5. The fraction of sp³-hybridized carbons (Fsp3) is 0.389. The van der Waals surface area contributed by atoms with Crippen molar-refractivity contribution in [2.75, 3.05) is 5.32 Å². The van der Waals surface area contributed by atoms with Crippen molar-refractivity contribution in [2.45, 2.75) is 44.6 Å². The average Bonchev–Trinajstić information content (AvgIpc) is 3.21. The van der Waals surface area contributed by atoms with Gasteiger partial charge in [0.2, 0.25) is 5.91 Å². The minimum atomic E-state index is -0.328. The molecule has 3 rings (SSSR count). The number of nitrogens with zero attached hydrogens (tertiary/aromatic N) is 5. The van der Waals surface area contributed by atoms with E-state index in [1.165, 1.54) is 23.1 Å². The lowest BCUT2D eigenvalue weighted by Crippen LogP contribution is -2.23. The quantitative estimate of drug-likeness (QED) is 0.604. The lowest BCUT2D eigenvalue weighted by atomic mass is 10.2. The van der Waals surface area contributed by atoms with E-state index in [0.29, 0.717) is 11.0 Å². The van der Waals surface area contributed by atoms with Gasteiger partial charge < -0.3 is 9.88 Å². The molecule has 1 N–H and O–H groups in total. The monoisotopic (exact) mass is 402 g/mol. The number of aromatic nitrogens is 5. The number of nitrogens with one attached hydrogen (secondary N) is 1. The molecule has 3 aromatic heterocycles. The zero-order valence-electron chi connectivity index (χ0n) is 15.7. The van der Waals surface area contributed by atoms with Crippen LogP contribution in [0.2, 0.25) is 0 Å². The van der Waals surface area contributed by atoms with Crippen molar-refractivity contribution in [3.8, 4) is 11.4 Å². The second-order valence-corrected chi connectivity index (χ2v) is 8.76. The SMILES string of the molecule is Cc1csc(NC(=O)[C@@H](C)Sc2nnc(-c3cccnc3)n2CC(C)C)n1. The van der Waals surface area contributed by atoms with E-state index in [-0.39, 0.29) is 11.2 Å². The summed E-state index contributed by atoms with van der Waals surface area (Å²) in [4.78, 5) is 21.0. The summed E-state index contributed by atoms with van der Waals surface area (Å²) in [6.45, 7) is 8.81. The molecule has 0 aromatic carbocycles. The Bertz CT molecular complexity index is 906.